The summed E-state index contributed by atoms with van der Waals surface area (Å²) in [6, 6.07) is 0. The van der Waals surface area contributed by atoms with Gasteiger partial charge < -0.3 is 0 Å². The Morgan fingerprint density at radius 1 is 0.784 bits per heavy atom. The van der Waals surface area contributed by atoms with E-state index in [1.54, 1.807) is 0 Å². The van der Waals surface area contributed by atoms with Crippen molar-refractivity contribution >= 4 is 29.8 Å². The molecule has 0 spiro atoms. The van der Waals surface area contributed by atoms with E-state index in [0.717, 1.165) is 28.2 Å². The molecule has 2 aliphatic heterocycles. The van der Waals surface area contributed by atoms with Gasteiger partial charge in [-0.05, 0) is 0 Å². The number of ether oxygens (including phenoxy) is 1. The van der Waals surface area contributed by atoms with Crippen LogP contribution in [-0.2, 0) is 9.53 Å². The van der Waals surface area contributed by atoms with Crippen molar-refractivity contribution in [2.24, 2.45) is 21.7 Å². The fourth-order valence-corrected chi connectivity index (χ4v) is 7.53. The van der Waals surface area contributed by atoms with E-state index < -0.39 is 20.5 Å². The monoisotopic (exact) mass is 618 g/mol. The van der Waals surface area contributed by atoms with Crippen LogP contribution in [0, 0.1) is 21.7 Å². The summed E-state index contributed by atoms with van der Waals surface area (Å²) in [7, 11) is 0. The van der Waals surface area contributed by atoms with Crippen molar-refractivity contribution < 1.29 is 14.6 Å². The molecule has 2 heterocycles. The summed E-state index contributed by atoms with van der Waals surface area (Å²) < 4.78 is 9.15. The predicted octanol–water partition coefficient (Wildman–Crippen LogP) is 7.11. The quantitative estimate of drug-likeness (QED) is 0.246. The molecule has 0 aromatic carbocycles. The zero-order chi connectivity index (χ0) is 28.3. The van der Waals surface area contributed by atoms with Gasteiger partial charge in [0.05, 0.1) is 0 Å². The summed E-state index contributed by atoms with van der Waals surface area (Å²) in [5.74, 6) is 1.35. The standard InChI is InChI=1S/C33H45O3Te/c1-19(21-17-23(30(2,3)4)36-24(18-21)31(5,6)7)27-28(34)22(29(27)35)14-20-15-25(32(8,9)10)37-26(16-20)33(11,12)13/h14-18,34H,1-13H3/p-1. The van der Waals surface area contributed by atoms with E-state index in [9.17, 15) is 9.90 Å². The molecule has 0 saturated carbocycles. The topological polar surface area (TPSA) is 49.4 Å². The van der Waals surface area contributed by atoms with Gasteiger partial charge in [0.2, 0.25) is 0 Å². The van der Waals surface area contributed by atoms with Crippen molar-refractivity contribution in [2.75, 3.05) is 0 Å². The zero-order valence-corrected chi connectivity index (χ0v) is 27.4. The van der Waals surface area contributed by atoms with Crippen LogP contribution in [-0.4, -0.2) is 29.8 Å². The second-order valence-electron chi connectivity index (χ2n) is 14.4. The summed E-state index contributed by atoms with van der Waals surface area (Å²) in [5.41, 5.74) is 2.87. The SMILES string of the molecule is CC(=C1C=C(C(C)(C)C)OC(C(C)(C)C)=C1)C1=C([O-])C(=CC2=CC(C(C)(C)C)=[Te]C(C(C)(C)C)=C2)C1=O. The fraction of sp³-hybridized carbons (Fsp3) is 0.515. The molecule has 3 nitrogen and oxygen atoms in total. The zero-order valence-electron chi connectivity index (χ0n) is 25.0. The minimum atomic E-state index is -0.463. The van der Waals surface area contributed by atoms with E-state index >= 15 is 0 Å². The van der Waals surface area contributed by atoms with Gasteiger partial charge in [0.25, 0.3) is 0 Å². The Bertz CT molecular complexity index is 1230. The first-order valence-corrected chi connectivity index (χ1v) is 15.4. The number of ketones is 1. The van der Waals surface area contributed by atoms with Gasteiger partial charge in [-0.1, -0.05) is 41.5 Å². The van der Waals surface area contributed by atoms with Crippen molar-refractivity contribution in [3.63, 3.8) is 0 Å². The summed E-state index contributed by atoms with van der Waals surface area (Å²) in [5, 5.41) is 13.4. The Labute approximate surface area is 234 Å². The van der Waals surface area contributed by atoms with Crippen LogP contribution in [0.5, 0.6) is 0 Å². The molecular weight excluding hydrogens is 572 g/mol. The molecule has 0 atom stereocenters. The van der Waals surface area contributed by atoms with Gasteiger partial charge in [-0.15, -0.1) is 0 Å². The molecule has 1 aliphatic carbocycles. The molecule has 0 bridgehead atoms. The number of hydrogen-bond acceptors (Lipinski definition) is 3. The molecule has 0 unspecified atom stereocenters. The molecular formula is C33H44O3Te-. The van der Waals surface area contributed by atoms with Crippen LogP contribution in [0.2, 0.25) is 0 Å². The van der Waals surface area contributed by atoms with Gasteiger partial charge in [-0.2, -0.15) is 0 Å². The number of carbonyl (C=O) groups is 1. The van der Waals surface area contributed by atoms with Crippen molar-refractivity contribution in [3.8, 4) is 0 Å². The Hall–Kier alpha value is -1.89. The van der Waals surface area contributed by atoms with Gasteiger partial charge in [0.15, 0.2) is 0 Å². The van der Waals surface area contributed by atoms with Crippen LogP contribution < -0.4 is 5.11 Å². The first-order chi connectivity index (χ1) is 16.6. The predicted molar refractivity (Wildman–Crippen MR) is 155 cm³/mol. The number of carbonyl (C=O) groups excluding carboxylic acids is 1. The van der Waals surface area contributed by atoms with E-state index in [1.807, 2.05) is 25.2 Å². The summed E-state index contributed by atoms with van der Waals surface area (Å²) in [4.78, 5) is 13.4. The first-order valence-electron chi connectivity index (χ1n) is 13.1. The van der Waals surface area contributed by atoms with Crippen LogP contribution in [0.25, 0.3) is 0 Å². The van der Waals surface area contributed by atoms with Crippen molar-refractivity contribution in [3.05, 3.63) is 79.1 Å². The third kappa shape index (κ3) is 6.40. The van der Waals surface area contributed by atoms with Crippen LogP contribution in [0.15, 0.2) is 79.1 Å². The molecule has 3 rings (SSSR count). The third-order valence-electron chi connectivity index (χ3n) is 6.63. The van der Waals surface area contributed by atoms with Crippen LogP contribution in [0.1, 0.15) is 90.0 Å². The maximum atomic E-state index is 13.4. The van der Waals surface area contributed by atoms with Crippen LogP contribution in [0.3, 0.4) is 0 Å². The molecule has 4 heteroatoms. The Kier molecular flexibility index (Phi) is 7.77. The molecule has 0 aromatic heterocycles. The van der Waals surface area contributed by atoms with Gasteiger partial charge >= 0.3 is 194 Å². The van der Waals surface area contributed by atoms with Crippen LogP contribution in [0.4, 0.5) is 0 Å². The average molecular weight is 616 g/mol. The van der Waals surface area contributed by atoms with E-state index in [0.29, 0.717) is 5.57 Å². The van der Waals surface area contributed by atoms with Crippen LogP contribution >= 0.6 is 0 Å². The second kappa shape index (κ2) is 9.69. The first kappa shape index (κ1) is 29.7. The van der Waals surface area contributed by atoms with E-state index in [2.05, 4.69) is 95.2 Å². The minimum absolute atomic E-state index is 0.0694. The number of Topliss-reactive ketones (excluding diaryl/α,β-unsaturated/α-hetero) is 1. The van der Waals surface area contributed by atoms with Crippen molar-refractivity contribution in [1.82, 2.24) is 0 Å². The Morgan fingerprint density at radius 3 is 1.70 bits per heavy atom. The van der Waals surface area contributed by atoms with Crippen molar-refractivity contribution in [2.45, 2.75) is 90.0 Å². The molecule has 0 saturated heterocycles. The normalized spacial score (nSPS) is 20.6. The van der Waals surface area contributed by atoms with Gasteiger partial charge in [-0.25, -0.2) is 0 Å². The molecule has 3 aliphatic rings. The van der Waals surface area contributed by atoms with Gasteiger partial charge in [0, 0.05) is 0 Å². The number of allylic oxidation sites excluding steroid dienone is 13. The van der Waals surface area contributed by atoms with Gasteiger partial charge in [0.1, 0.15) is 0 Å². The Morgan fingerprint density at radius 2 is 1.30 bits per heavy atom. The second-order valence-corrected chi connectivity index (χ2v) is 17.5. The molecule has 201 valence electrons. The Balaban J connectivity index is 2.10. The fourth-order valence-electron chi connectivity index (χ4n) is 4.00. The molecule has 37 heavy (non-hydrogen) atoms. The number of hydrogen-bond donors (Lipinski definition) is 0. The van der Waals surface area contributed by atoms with E-state index in [-0.39, 0.29) is 38.8 Å². The maximum absolute atomic E-state index is 13.4. The third-order valence-corrected chi connectivity index (χ3v) is 12.1. The van der Waals surface area contributed by atoms with E-state index in [1.165, 1.54) is 7.17 Å². The molecule has 0 N–H and O–H groups in total. The summed E-state index contributed by atoms with van der Waals surface area (Å²) >= 11 is -0.463. The summed E-state index contributed by atoms with van der Waals surface area (Å²) in [6.45, 7) is 28.0. The average Bonchev–Trinajstić information content (AvgIpc) is 2.74. The van der Waals surface area contributed by atoms with E-state index in [4.69, 9.17) is 4.74 Å². The molecule has 0 aromatic rings. The van der Waals surface area contributed by atoms with Crippen molar-refractivity contribution in [1.29, 1.82) is 0 Å². The number of rotatable bonds is 2. The summed E-state index contributed by atoms with van der Waals surface area (Å²) in [6.07, 6.45) is 10.2. The molecule has 0 amide bonds. The molecule has 0 fully saturated rings. The van der Waals surface area contributed by atoms with Gasteiger partial charge in [-0.3, -0.25) is 0 Å². The molecule has 1 radical (unpaired) electrons.